The molecule has 0 spiro atoms. The monoisotopic (exact) mass is 266 g/mol. The fourth-order valence-corrected chi connectivity index (χ4v) is 2.92. The zero-order valence-corrected chi connectivity index (χ0v) is 11.2. The molecule has 0 saturated carbocycles. The van der Waals surface area contributed by atoms with E-state index in [1.54, 1.807) is 11.3 Å². The van der Waals surface area contributed by atoms with Gasteiger partial charge in [-0.3, -0.25) is 0 Å². The van der Waals surface area contributed by atoms with Gasteiger partial charge < -0.3 is 11.1 Å². The third-order valence-electron chi connectivity index (χ3n) is 2.66. The Morgan fingerprint density at radius 2 is 2.12 bits per heavy atom. The largest absolute Gasteiger partial charge is 0.375 e. The normalized spacial score (nSPS) is 12.4. The fraction of sp³-hybridized carbons (Fsp3) is 0.231. The van der Waals surface area contributed by atoms with E-state index >= 15 is 0 Å². The van der Waals surface area contributed by atoms with Crippen LogP contribution < -0.4 is 11.1 Å². The quantitative estimate of drug-likeness (QED) is 0.883. The van der Waals surface area contributed by atoms with E-state index in [2.05, 4.69) is 23.7 Å². The van der Waals surface area contributed by atoms with Crippen LogP contribution in [0, 0.1) is 6.92 Å². The van der Waals surface area contributed by atoms with E-state index in [1.165, 1.54) is 10.4 Å². The molecule has 0 aliphatic heterocycles. The lowest BCUT2D eigenvalue weighted by molar-refractivity contribution is 0.800. The summed E-state index contributed by atoms with van der Waals surface area (Å²) in [6.07, 6.45) is 0. The number of benzene rings is 1. The molecule has 0 aliphatic rings. The molecule has 0 bridgehead atoms. The van der Waals surface area contributed by atoms with Gasteiger partial charge in [0, 0.05) is 11.4 Å². The maximum absolute atomic E-state index is 6.13. The molecule has 0 amide bonds. The Morgan fingerprint density at radius 3 is 2.71 bits per heavy atom. The van der Waals surface area contributed by atoms with Crippen LogP contribution in [-0.4, -0.2) is 6.54 Å². The second kappa shape index (κ2) is 5.54. The summed E-state index contributed by atoms with van der Waals surface area (Å²) < 4.78 is 0. The van der Waals surface area contributed by atoms with Gasteiger partial charge in [-0.2, -0.15) is 0 Å². The van der Waals surface area contributed by atoms with Gasteiger partial charge in [-0.15, -0.1) is 11.3 Å². The number of para-hydroxylation sites is 1. The maximum Gasteiger partial charge on any atom is 0.0731 e. The number of thiophene rings is 1. The van der Waals surface area contributed by atoms with Crippen molar-refractivity contribution < 1.29 is 0 Å². The summed E-state index contributed by atoms with van der Waals surface area (Å²) in [5.74, 6) is 0. The van der Waals surface area contributed by atoms with E-state index in [9.17, 15) is 0 Å². The molecule has 3 N–H and O–H groups in total. The van der Waals surface area contributed by atoms with Crippen LogP contribution in [0.4, 0.5) is 5.69 Å². The number of halogens is 1. The molecule has 1 atom stereocenters. The maximum atomic E-state index is 6.13. The summed E-state index contributed by atoms with van der Waals surface area (Å²) in [6, 6.07) is 9.95. The highest BCUT2D eigenvalue weighted by molar-refractivity contribution is 7.10. The lowest BCUT2D eigenvalue weighted by atomic mass is 10.1. The van der Waals surface area contributed by atoms with Crippen LogP contribution in [0.25, 0.3) is 0 Å². The number of hydrogen-bond acceptors (Lipinski definition) is 3. The highest BCUT2D eigenvalue weighted by Gasteiger charge is 2.14. The summed E-state index contributed by atoms with van der Waals surface area (Å²) in [4.78, 5) is 1.27. The van der Waals surface area contributed by atoms with Crippen LogP contribution in [0.1, 0.15) is 16.5 Å². The van der Waals surface area contributed by atoms with Crippen LogP contribution in [0.2, 0.25) is 5.02 Å². The molecule has 1 aromatic heterocycles. The molecule has 0 radical (unpaired) electrons. The predicted molar refractivity (Wildman–Crippen MR) is 75.9 cm³/mol. The van der Waals surface area contributed by atoms with Crippen molar-refractivity contribution >= 4 is 28.6 Å². The molecule has 1 unspecified atom stereocenters. The highest BCUT2D eigenvalue weighted by Crippen LogP contribution is 2.29. The lowest BCUT2D eigenvalue weighted by Gasteiger charge is -2.18. The first-order chi connectivity index (χ1) is 8.22. The predicted octanol–water partition coefficient (Wildman–Crippen LogP) is 3.82. The van der Waals surface area contributed by atoms with Crippen molar-refractivity contribution in [2.45, 2.75) is 13.0 Å². The summed E-state index contributed by atoms with van der Waals surface area (Å²) in [5.41, 5.74) is 8.03. The van der Waals surface area contributed by atoms with E-state index in [4.69, 9.17) is 17.3 Å². The molecule has 0 aliphatic carbocycles. The van der Waals surface area contributed by atoms with Crippen molar-refractivity contribution in [3.63, 3.8) is 0 Å². The Morgan fingerprint density at radius 1 is 1.35 bits per heavy atom. The second-order valence-corrected chi connectivity index (χ2v) is 5.24. The highest BCUT2D eigenvalue weighted by atomic mass is 35.5. The van der Waals surface area contributed by atoms with Gasteiger partial charge in [0.05, 0.1) is 16.8 Å². The van der Waals surface area contributed by atoms with Gasteiger partial charge in [-0.1, -0.05) is 23.7 Å². The van der Waals surface area contributed by atoms with Gasteiger partial charge in [-0.05, 0) is 36.1 Å². The Bertz CT molecular complexity index is 496. The summed E-state index contributed by atoms with van der Waals surface area (Å²) in [6.45, 7) is 2.65. The van der Waals surface area contributed by atoms with E-state index in [-0.39, 0.29) is 6.04 Å². The van der Waals surface area contributed by atoms with Crippen LogP contribution in [0.5, 0.6) is 0 Å². The Kier molecular flexibility index (Phi) is 4.05. The number of nitrogens with one attached hydrogen (secondary N) is 1. The molecule has 0 fully saturated rings. The zero-order chi connectivity index (χ0) is 12.3. The van der Waals surface area contributed by atoms with Crippen LogP contribution in [0.3, 0.4) is 0 Å². The van der Waals surface area contributed by atoms with Crippen molar-refractivity contribution in [1.82, 2.24) is 0 Å². The molecule has 17 heavy (non-hydrogen) atoms. The Hall–Kier alpha value is -1.03. The third kappa shape index (κ3) is 2.80. The Balaban J connectivity index is 2.22. The average molecular weight is 267 g/mol. The smallest absolute Gasteiger partial charge is 0.0731 e. The van der Waals surface area contributed by atoms with Crippen molar-refractivity contribution in [2.24, 2.45) is 5.73 Å². The van der Waals surface area contributed by atoms with Gasteiger partial charge >= 0.3 is 0 Å². The van der Waals surface area contributed by atoms with Crippen LogP contribution >= 0.6 is 22.9 Å². The van der Waals surface area contributed by atoms with Gasteiger partial charge in [0.1, 0.15) is 0 Å². The zero-order valence-electron chi connectivity index (χ0n) is 9.61. The molecular formula is C13H15ClN2S. The first-order valence-electron chi connectivity index (χ1n) is 5.47. The molecule has 2 rings (SSSR count). The van der Waals surface area contributed by atoms with Crippen LogP contribution in [-0.2, 0) is 0 Å². The number of aryl methyl sites for hydroxylation is 1. The van der Waals surface area contributed by atoms with Crippen molar-refractivity contribution in [1.29, 1.82) is 0 Å². The third-order valence-corrected chi connectivity index (χ3v) is 4.12. The van der Waals surface area contributed by atoms with E-state index in [0.717, 1.165) is 10.7 Å². The molecule has 1 aromatic carbocycles. The molecule has 1 heterocycles. The number of anilines is 1. The van der Waals surface area contributed by atoms with Gasteiger partial charge in [0.25, 0.3) is 0 Å². The van der Waals surface area contributed by atoms with Crippen molar-refractivity contribution in [2.75, 3.05) is 11.9 Å². The van der Waals surface area contributed by atoms with Gasteiger partial charge in [0.15, 0.2) is 0 Å². The molecule has 2 aromatic rings. The minimum atomic E-state index is 0.120. The molecular weight excluding hydrogens is 252 g/mol. The number of rotatable bonds is 4. The van der Waals surface area contributed by atoms with Crippen molar-refractivity contribution in [3.05, 3.63) is 51.2 Å². The average Bonchev–Trinajstić information content (AvgIpc) is 2.75. The SMILES string of the molecule is Cc1ccsc1C(CN)Nc1ccccc1Cl. The number of hydrogen-bond donors (Lipinski definition) is 2. The molecule has 4 heteroatoms. The standard InChI is InChI=1S/C13H15ClN2S/c1-9-6-7-17-13(9)12(8-15)16-11-5-3-2-4-10(11)14/h2-7,12,16H,8,15H2,1H3. The van der Waals surface area contributed by atoms with Gasteiger partial charge in [-0.25, -0.2) is 0 Å². The fourth-order valence-electron chi connectivity index (χ4n) is 1.74. The van der Waals surface area contributed by atoms with Crippen LogP contribution in [0.15, 0.2) is 35.7 Å². The molecule has 2 nitrogen and oxygen atoms in total. The van der Waals surface area contributed by atoms with E-state index < -0.39 is 0 Å². The molecule has 0 saturated heterocycles. The number of nitrogens with two attached hydrogens (primary N) is 1. The van der Waals surface area contributed by atoms with Crippen molar-refractivity contribution in [3.8, 4) is 0 Å². The summed E-state index contributed by atoms with van der Waals surface area (Å²) >= 11 is 7.85. The first kappa shape index (κ1) is 12.4. The summed E-state index contributed by atoms with van der Waals surface area (Å²) in [7, 11) is 0. The van der Waals surface area contributed by atoms with Gasteiger partial charge in [0.2, 0.25) is 0 Å². The van der Waals surface area contributed by atoms with E-state index in [1.807, 2.05) is 24.3 Å². The summed E-state index contributed by atoms with van der Waals surface area (Å²) in [5, 5.41) is 6.20. The van der Waals surface area contributed by atoms with E-state index in [0.29, 0.717) is 6.54 Å². The minimum Gasteiger partial charge on any atom is -0.375 e. The lowest BCUT2D eigenvalue weighted by Crippen LogP contribution is -2.20. The molecule has 90 valence electrons. The Labute approximate surface area is 110 Å². The second-order valence-electron chi connectivity index (χ2n) is 3.88. The minimum absolute atomic E-state index is 0.120. The topological polar surface area (TPSA) is 38.0 Å². The first-order valence-corrected chi connectivity index (χ1v) is 6.73.